The highest BCUT2D eigenvalue weighted by Crippen LogP contribution is 2.26. The van der Waals surface area contributed by atoms with Crippen LogP contribution in [-0.2, 0) is 19.4 Å². The smallest absolute Gasteiger partial charge is 0.225 e. The van der Waals surface area contributed by atoms with Crippen LogP contribution in [0.1, 0.15) is 47.7 Å². The number of ketones is 1. The molecule has 0 unspecified atom stereocenters. The van der Waals surface area contributed by atoms with Crippen LogP contribution >= 0.6 is 11.6 Å². The fourth-order valence-corrected chi connectivity index (χ4v) is 5.61. The molecule has 2 aromatic carbocycles. The van der Waals surface area contributed by atoms with E-state index in [9.17, 15) is 4.79 Å². The molecule has 0 saturated carbocycles. The topological polar surface area (TPSA) is 89.1 Å². The number of halogens is 1. The van der Waals surface area contributed by atoms with Gasteiger partial charge in [0.05, 0.1) is 5.56 Å². The van der Waals surface area contributed by atoms with Crippen molar-refractivity contribution in [1.82, 2.24) is 19.9 Å². The number of piperidine rings is 1. The number of aryl methyl sites for hydroxylation is 1. The molecule has 1 fully saturated rings. The van der Waals surface area contributed by atoms with Gasteiger partial charge in [0.15, 0.2) is 5.78 Å². The molecule has 2 aromatic heterocycles. The first-order valence-electron chi connectivity index (χ1n) is 13.9. The fraction of sp³-hybridized carbons (Fsp3) is 0.387. The Morgan fingerprint density at radius 1 is 1.10 bits per heavy atom. The van der Waals surface area contributed by atoms with Crippen molar-refractivity contribution in [2.45, 2.75) is 45.6 Å². The summed E-state index contributed by atoms with van der Waals surface area (Å²) in [5.74, 6) is 1.30. The summed E-state index contributed by atoms with van der Waals surface area (Å²) in [4.78, 5) is 23.9. The number of carbonyl (C=O) groups excluding carboxylic acids is 1. The molecule has 0 aliphatic carbocycles. The van der Waals surface area contributed by atoms with Crippen molar-refractivity contribution < 1.29 is 4.79 Å². The van der Waals surface area contributed by atoms with E-state index in [0.717, 1.165) is 69.0 Å². The first-order chi connectivity index (χ1) is 19.0. The summed E-state index contributed by atoms with van der Waals surface area (Å²) in [6, 6.07) is 13.7. The Labute approximate surface area is 235 Å². The average Bonchev–Trinajstić information content (AvgIpc) is 3.29. The normalized spacial score (nSPS) is 14.3. The molecule has 7 nitrogen and oxygen atoms in total. The SMILES string of the molecule is CCCn1cc(CCNCC2CCN(c3ncc(C(=O)Cc4ccccc4N)cn3)CC2)c2cc(Cl)ccc21. The van der Waals surface area contributed by atoms with Gasteiger partial charge in [-0.1, -0.05) is 36.7 Å². The van der Waals surface area contributed by atoms with Crippen molar-refractivity contribution >= 4 is 39.9 Å². The van der Waals surface area contributed by atoms with Crippen LogP contribution in [0.4, 0.5) is 11.6 Å². The lowest BCUT2D eigenvalue weighted by molar-refractivity contribution is 0.0992. The molecule has 8 heteroatoms. The zero-order valence-corrected chi connectivity index (χ0v) is 23.3. The maximum Gasteiger partial charge on any atom is 0.225 e. The Balaban J connectivity index is 1.07. The predicted molar refractivity (Wildman–Crippen MR) is 160 cm³/mol. The third-order valence-corrected chi connectivity index (χ3v) is 7.89. The van der Waals surface area contributed by atoms with E-state index in [4.69, 9.17) is 17.3 Å². The molecule has 0 bridgehead atoms. The van der Waals surface area contributed by atoms with Crippen molar-refractivity contribution in [3.05, 3.63) is 82.8 Å². The zero-order valence-electron chi connectivity index (χ0n) is 22.6. The lowest BCUT2D eigenvalue weighted by Gasteiger charge is -2.32. The van der Waals surface area contributed by atoms with E-state index in [0.29, 0.717) is 23.1 Å². The minimum atomic E-state index is -0.0257. The van der Waals surface area contributed by atoms with Gasteiger partial charge in [-0.25, -0.2) is 9.97 Å². The number of fused-ring (bicyclic) bond motifs is 1. The molecule has 3 N–H and O–H groups in total. The summed E-state index contributed by atoms with van der Waals surface area (Å²) in [7, 11) is 0. The number of nitrogens with one attached hydrogen (secondary N) is 1. The third kappa shape index (κ3) is 6.60. The van der Waals surface area contributed by atoms with Crippen molar-refractivity contribution in [1.29, 1.82) is 0 Å². The van der Waals surface area contributed by atoms with Gasteiger partial charge >= 0.3 is 0 Å². The second-order valence-corrected chi connectivity index (χ2v) is 10.9. The molecule has 0 atom stereocenters. The molecule has 0 amide bonds. The van der Waals surface area contributed by atoms with Crippen molar-refractivity contribution in [3.8, 4) is 0 Å². The fourth-order valence-electron chi connectivity index (χ4n) is 5.43. The van der Waals surface area contributed by atoms with Crippen LogP contribution in [0.2, 0.25) is 5.02 Å². The Morgan fingerprint density at radius 2 is 1.87 bits per heavy atom. The molecule has 204 valence electrons. The van der Waals surface area contributed by atoms with E-state index >= 15 is 0 Å². The number of para-hydroxylation sites is 1. The third-order valence-electron chi connectivity index (χ3n) is 7.66. The Hall–Kier alpha value is -3.42. The van der Waals surface area contributed by atoms with E-state index in [-0.39, 0.29) is 12.2 Å². The molecule has 1 aliphatic rings. The van der Waals surface area contributed by atoms with Crippen LogP contribution in [0.25, 0.3) is 10.9 Å². The highest BCUT2D eigenvalue weighted by Gasteiger charge is 2.21. The Kier molecular flexibility index (Phi) is 8.79. The maximum absolute atomic E-state index is 12.7. The van der Waals surface area contributed by atoms with E-state index in [1.54, 1.807) is 12.4 Å². The lowest BCUT2D eigenvalue weighted by atomic mass is 9.97. The minimum absolute atomic E-state index is 0.0257. The van der Waals surface area contributed by atoms with Crippen LogP contribution < -0.4 is 16.0 Å². The number of aromatic nitrogens is 3. The van der Waals surface area contributed by atoms with Gasteiger partial charge in [-0.15, -0.1) is 0 Å². The van der Waals surface area contributed by atoms with E-state index in [2.05, 4.69) is 50.0 Å². The highest BCUT2D eigenvalue weighted by atomic mass is 35.5. The monoisotopic (exact) mass is 544 g/mol. The molecule has 0 radical (unpaired) electrons. The number of rotatable bonds is 11. The largest absolute Gasteiger partial charge is 0.398 e. The van der Waals surface area contributed by atoms with Gasteiger partial charge in [-0.05, 0) is 80.1 Å². The number of nitrogens with zero attached hydrogens (tertiary/aromatic N) is 4. The number of benzene rings is 2. The number of Topliss-reactive ketones (excluding diaryl/α,β-unsaturated/α-hetero) is 1. The molecular formula is C31H37ClN6O. The summed E-state index contributed by atoms with van der Waals surface area (Å²) in [6.45, 7) is 7.03. The molecule has 3 heterocycles. The molecule has 1 saturated heterocycles. The van der Waals surface area contributed by atoms with Crippen LogP contribution in [-0.4, -0.2) is 46.5 Å². The number of anilines is 2. The number of hydrogen-bond donors (Lipinski definition) is 2. The van der Waals surface area contributed by atoms with Gasteiger partial charge in [0.25, 0.3) is 0 Å². The molecule has 0 spiro atoms. The van der Waals surface area contributed by atoms with Crippen molar-refractivity contribution in [2.75, 3.05) is 36.8 Å². The van der Waals surface area contributed by atoms with Crippen LogP contribution in [0.3, 0.4) is 0 Å². The van der Waals surface area contributed by atoms with Gasteiger partial charge in [-0.3, -0.25) is 4.79 Å². The van der Waals surface area contributed by atoms with Crippen molar-refractivity contribution in [2.24, 2.45) is 5.92 Å². The maximum atomic E-state index is 12.7. The standard InChI is InChI=1S/C31H37ClN6O/c1-2-13-38-21-24(27-17-26(32)7-8-29(27)38)9-12-34-18-22-10-14-37(15-11-22)31-35-19-25(20-36-31)30(39)16-23-5-3-4-6-28(23)33/h3-8,17,19-22,34H,2,9-16,18,33H2,1H3. The molecular weight excluding hydrogens is 508 g/mol. The number of nitrogens with two attached hydrogens (primary N) is 1. The second-order valence-electron chi connectivity index (χ2n) is 10.5. The van der Waals surface area contributed by atoms with Gasteiger partial charge in [0.2, 0.25) is 5.95 Å². The summed E-state index contributed by atoms with van der Waals surface area (Å²) in [5, 5.41) is 5.74. The minimum Gasteiger partial charge on any atom is -0.398 e. The van der Waals surface area contributed by atoms with E-state index in [1.165, 1.54) is 16.5 Å². The number of nitrogen functional groups attached to an aromatic ring is 1. The number of carbonyl (C=O) groups is 1. The summed E-state index contributed by atoms with van der Waals surface area (Å²) >= 11 is 6.30. The summed E-state index contributed by atoms with van der Waals surface area (Å²) < 4.78 is 2.35. The molecule has 5 rings (SSSR count). The summed E-state index contributed by atoms with van der Waals surface area (Å²) in [5.41, 5.74) is 10.6. The average molecular weight is 545 g/mol. The lowest BCUT2D eigenvalue weighted by Crippen LogP contribution is -2.38. The first-order valence-corrected chi connectivity index (χ1v) is 14.3. The van der Waals surface area contributed by atoms with Gasteiger partial charge in [0.1, 0.15) is 0 Å². The Bertz CT molecular complexity index is 1410. The zero-order chi connectivity index (χ0) is 27.2. The van der Waals surface area contributed by atoms with Crippen molar-refractivity contribution in [3.63, 3.8) is 0 Å². The van der Waals surface area contributed by atoms with Crippen LogP contribution in [0.15, 0.2) is 61.1 Å². The molecule has 1 aliphatic heterocycles. The second kappa shape index (κ2) is 12.6. The van der Waals surface area contributed by atoms with Crippen LogP contribution in [0.5, 0.6) is 0 Å². The quantitative estimate of drug-likeness (QED) is 0.146. The highest BCUT2D eigenvalue weighted by molar-refractivity contribution is 6.31. The molecule has 4 aromatic rings. The summed E-state index contributed by atoms with van der Waals surface area (Å²) in [6.07, 6.45) is 10.1. The molecule has 39 heavy (non-hydrogen) atoms. The van der Waals surface area contributed by atoms with Gasteiger partial charge in [-0.2, -0.15) is 0 Å². The van der Waals surface area contributed by atoms with Crippen LogP contribution in [0, 0.1) is 5.92 Å². The predicted octanol–water partition coefficient (Wildman–Crippen LogP) is 5.55. The van der Waals surface area contributed by atoms with E-state index < -0.39 is 0 Å². The van der Waals surface area contributed by atoms with E-state index in [1.807, 2.05) is 30.3 Å². The number of hydrogen-bond acceptors (Lipinski definition) is 6. The van der Waals surface area contributed by atoms with Gasteiger partial charge < -0.3 is 20.5 Å². The van der Waals surface area contributed by atoms with Gasteiger partial charge in [0, 0.05) is 66.3 Å². The Morgan fingerprint density at radius 3 is 2.62 bits per heavy atom. The first kappa shape index (κ1) is 27.2.